The van der Waals surface area contributed by atoms with Crippen LogP contribution in [0.3, 0.4) is 0 Å². The van der Waals surface area contributed by atoms with E-state index in [1.807, 2.05) is 43.3 Å². The highest BCUT2D eigenvalue weighted by Gasteiger charge is 2.33. The Bertz CT molecular complexity index is 1300. The van der Waals surface area contributed by atoms with E-state index in [-0.39, 0.29) is 4.32 Å². The summed E-state index contributed by atoms with van der Waals surface area (Å²) < 4.78 is 12.0. The third-order valence-corrected chi connectivity index (χ3v) is 6.72. The largest absolute Gasteiger partial charge is 0.490 e. The second-order valence-electron chi connectivity index (χ2n) is 7.69. The number of hydrazine groups is 1. The van der Waals surface area contributed by atoms with Crippen LogP contribution < -0.4 is 14.9 Å². The first kappa shape index (κ1) is 25.8. The Kier molecular flexibility index (Phi) is 8.64. The lowest BCUT2D eigenvalue weighted by atomic mass is 10.1. The van der Waals surface area contributed by atoms with Gasteiger partial charge in [0.1, 0.15) is 0 Å². The number of nitrogens with zero attached hydrogens (tertiary/aromatic N) is 1. The zero-order valence-electron chi connectivity index (χ0n) is 19.4. The fourth-order valence-corrected chi connectivity index (χ4v) is 4.71. The molecular formula is C27H23ClN2O4S2. The molecule has 0 bridgehead atoms. The number of carbonyl (C=O) groups is 2. The summed E-state index contributed by atoms with van der Waals surface area (Å²) in [5, 5.41) is 1.59. The first-order valence-corrected chi connectivity index (χ1v) is 12.8. The van der Waals surface area contributed by atoms with Gasteiger partial charge in [0.2, 0.25) is 0 Å². The molecule has 0 saturated carbocycles. The maximum absolute atomic E-state index is 13.0. The van der Waals surface area contributed by atoms with E-state index in [0.29, 0.717) is 40.2 Å². The number of rotatable bonds is 9. The molecule has 1 aliphatic rings. The van der Waals surface area contributed by atoms with Gasteiger partial charge in [-0.2, -0.15) is 5.01 Å². The summed E-state index contributed by atoms with van der Waals surface area (Å²) in [6.45, 7) is 2.88. The van der Waals surface area contributed by atoms with Gasteiger partial charge in [-0.25, -0.2) is 0 Å². The minimum Gasteiger partial charge on any atom is -0.490 e. The Hall–Kier alpha value is -3.33. The molecule has 9 heteroatoms. The summed E-state index contributed by atoms with van der Waals surface area (Å²) in [6, 6.07) is 21.9. The van der Waals surface area contributed by atoms with E-state index >= 15 is 0 Å². The molecule has 0 radical (unpaired) electrons. The molecule has 3 aromatic rings. The van der Waals surface area contributed by atoms with Crippen LogP contribution in [-0.4, -0.2) is 34.4 Å². The van der Waals surface area contributed by atoms with E-state index in [4.69, 9.17) is 33.3 Å². The molecule has 3 aromatic carbocycles. The van der Waals surface area contributed by atoms with Gasteiger partial charge in [0.05, 0.1) is 18.1 Å². The number of amides is 2. The minimum absolute atomic E-state index is 0.236. The topological polar surface area (TPSA) is 67.9 Å². The van der Waals surface area contributed by atoms with Crippen molar-refractivity contribution in [2.45, 2.75) is 13.3 Å². The molecule has 1 saturated heterocycles. The van der Waals surface area contributed by atoms with Crippen molar-refractivity contribution < 1.29 is 19.1 Å². The second kappa shape index (κ2) is 12.1. The zero-order valence-corrected chi connectivity index (χ0v) is 21.8. The molecule has 0 aromatic heterocycles. The number of thiocarbonyl (C=S) groups is 1. The van der Waals surface area contributed by atoms with Crippen LogP contribution >= 0.6 is 35.6 Å². The van der Waals surface area contributed by atoms with Crippen LogP contribution in [-0.2, 0) is 11.2 Å². The van der Waals surface area contributed by atoms with Crippen molar-refractivity contribution in [2.24, 2.45) is 0 Å². The van der Waals surface area contributed by atoms with E-state index in [2.05, 4.69) is 17.6 Å². The van der Waals surface area contributed by atoms with Gasteiger partial charge in [0.15, 0.2) is 15.8 Å². The van der Waals surface area contributed by atoms with Gasteiger partial charge in [-0.3, -0.25) is 15.0 Å². The number of hydrogen-bond acceptors (Lipinski definition) is 6. The molecular weight excluding hydrogens is 516 g/mol. The Balaban J connectivity index is 1.44. The molecule has 1 heterocycles. The van der Waals surface area contributed by atoms with Gasteiger partial charge in [-0.1, -0.05) is 59.8 Å². The van der Waals surface area contributed by atoms with Crippen LogP contribution in [0.5, 0.6) is 11.5 Å². The summed E-state index contributed by atoms with van der Waals surface area (Å²) in [6.07, 6.45) is 2.49. The van der Waals surface area contributed by atoms with Crippen LogP contribution in [0.2, 0.25) is 5.02 Å². The minimum atomic E-state index is -0.458. The SMILES string of the molecule is CCOc1cc(/C=C2\SC(=S)N(NC(=O)c3ccc(Cl)cc3)C2=O)ccc1OCCc1ccccc1. The van der Waals surface area contributed by atoms with Crippen LogP contribution in [0.4, 0.5) is 0 Å². The predicted molar refractivity (Wildman–Crippen MR) is 147 cm³/mol. The van der Waals surface area contributed by atoms with Gasteiger partial charge >= 0.3 is 0 Å². The molecule has 0 aliphatic carbocycles. The quantitative estimate of drug-likeness (QED) is 0.270. The molecule has 1 N–H and O–H groups in total. The van der Waals surface area contributed by atoms with Gasteiger partial charge < -0.3 is 9.47 Å². The first-order chi connectivity index (χ1) is 17.4. The second-order valence-corrected chi connectivity index (χ2v) is 9.80. The van der Waals surface area contributed by atoms with E-state index in [0.717, 1.165) is 28.8 Å². The van der Waals surface area contributed by atoms with Crippen LogP contribution in [0.1, 0.15) is 28.4 Å². The molecule has 1 aliphatic heterocycles. The van der Waals surface area contributed by atoms with E-state index in [1.54, 1.807) is 30.3 Å². The average Bonchev–Trinajstić information content (AvgIpc) is 3.13. The van der Waals surface area contributed by atoms with E-state index in [1.165, 1.54) is 5.56 Å². The summed E-state index contributed by atoms with van der Waals surface area (Å²) in [7, 11) is 0. The first-order valence-electron chi connectivity index (χ1n) is 11.2. The Labute approximate surface area is 224 Å². The molecule has 0 unspecified atom stereocenters. The number of carbonyl (C=O) groups excluding carboxylic acids is 2. The lowest BCUT2D eigenvalue weighted by Crippen LogP contribution is -2.44. The average molecular weight is 539 g/mol. The number of thioether (sulfide) groups is 1. The van der Waals surface area contributed by atoms with Crippen molar-refractivity contribution in [2.75, 3.05) is 13.2 Å². The van der Waals surface area contributed by atoms with E-state index in [9.17, 15) is 9.59 Å². The van der Waals surface area contributed by atoms with Crippen molar-refractivity contribution >= 4 is 57.8 Å². The molecule has 1 fully saturated rings. The normalized spacial score (nSPS) is 14.3. The van der Waals surface area contributed by atoms with Crippen molar-refractivity contribution in [3.63, 3.8) is 0 Å². The Morgan fingerprint density at radius 2 is 1.81 bits per heavy atom. The molecule has 2 amide bonds. The number of hydrogen-bond donors (Lipinski definition) is 1. The van der Waals surface area contributed by atoms with Crippen LogP contribution in [0.15, 0.2) is 77.7 Å². The van der Waals surface area contributed by atoms with Gasteiger partial charge in [0.25, 0.3) is 11.8 Å². The van der Waals surface area contributed by atoms with Gasteiger partial charge in [-0.05, 0) is 72.7 Å². The number of nitrogens with one attached hydrogen (secondary N) is 1. The standard InChI is InChI=1S/C27H23ClN2O4S2/c1-2-33-23-16-19(8-13-22(23)34-15-14-18-6-4-3-5-7-18)17-24-26(32)30(27(35)36-24)29-25(31)20-9-11-21(28)12-10-20/h3-13,16-17H,2,14-15H2,1H3,(H,29,31)/b24-17-. The Morgan fingerprint density at radius 1 is 1.06 bits per heavy atom. The smallest absolute Gasteiger partial charge is 0.285 e. The summed E-state index contributed by atoms with van der Waals surface area (Å²) >= 11 is 12.3. The number of ether oxygens (including phenoxy) is 2. The zero-order chi connectivity index (χ0) is 25.5. The molecule has 6 nitrogen and oxygen atoms in total. The number of halogens is 1. The van der Waals surface area contributed by atoms with Gasteiger partial charge in [0, 0.05) is 17.0 Å². The fraction of sp³-hybridized carbons (Fsp3) is 0.148. The highest BCUT2D eigenvalue weighted by Crippen LogP contribution is 2.34. The predicted octanol–water partition coefficient (Wildman–Crippen LogP) is 5.91. The summed E-state index contributed by atoms with van der Waals surface area (Å²) in [4.78, 5) is 25.9. The number of benzene rings is 3. The molecule has 4 rings (SSSR count). The lowest BCUT2D eigenvalue weighted by molar-refractivity contribution is -0.123. The summed E-state index contributed by atoms with van der Waals surface area (Å²) in [5.74, 6) is 0.354. The third kappa shape index (κ3) is 6.46. The lowest BCUT2D eigenvalue weighted by Gasteiger charge is -2.15. The van der Waals surface area contributed by atoms with Gasteiger partial charge in [-0.15, -0.1) is 0 Å². The molecule has 36 heavy (non-hydrogen) atoms. The fourth-order valence-electron chi connectivity index (χ4n) is 3.41. The highest BCUT2D eigenvalue weighted by atomic mass is 35.5. The monoisotopic (exact) mass is 538 g/mol. The highest BCUT2D eigenvalue weighted by molar-refractivity contribution is 8.26. The van der Waals surface area contributed by atoms with Crippen molar-refractivity contribution in [3.8, 4) is 11.5 Å². The summed E-state index contributed by atoms with van der Waals surface area (Å²) in [5.41, 5.74) is 4.86. The molecule has 0 atom stereocenters. The Morgan fingerprint density at radius 3 is 2.53 bits per heavy atom. The van der Waals surface area contributed by atoms with Crippen LogP contribution in [0, 0.1) is 0 Å². The van der Waals surface area contributed by atoms with Crippen LogP contribution in [0.25, 0.3) is 6.08 Å². The van der Waals surface area contributed by atoms with Crippen molar-refractivity contribution in [1.82, 2.24) is 10.4 Å². The maximum Gasteiger partial charge on any atom is 0.285 e. The molecule has 0 spiro atoms. The van der Waals surface area contributed by atoms with E-state index < -0.39 is 11.8 Å². The van der Waals surface area contributed by atoms with Crippen molar-refractivity contribution in [3.05, 3.63) is 99.4 Å². The molecule has 184 valence electrons. The maximum atomic E-state index is 13.0. The third-order valence-electron chi connectivity index (χ3n) is 5.17. The van der Waals surface area contributed by atoms with Crippen molar-refractivity contribution in [1.29, 1.82) is 0 Å².